The average molecular weight is 396 g/mol. The van der Waals surface area contributed by atoms with E-state index in [2.05, 4.69) is 39.2 Å². The second-order valence-electron chi connectivity index (χ2n) is 9.84. The Hall–Kier alpha value is -0.420. The molecule has 0 amide bonds. The molecular weight excluding hydrogens is 350 g/mol. The van der Waals surface area contributed by atoms with Crippen LogP contribution in [0.2, 0.25) is 0 Å². The van der Waals surface area contributed by atoms with Crippen LogP contribution in [0.3, 0.4) is 0 Å². The van der Waals surface area contributed by atoms with E-state index in [1.165, 1.54) is 31.3 Å². The van der Waals surface area contributed by atoms with E-state index in [-0.39, 0.29) is 11.9 Å². The van der Waals surface area contributed by atoms with Crippen LogP contribution >= 0.6 is 0 Å². The highest BCUT2D eigenvalue weighted by Crippen LogP contribution is 2.47. The Bertz CT molecular complexity index is 468. The van der Waals surface area contributed by atoms with Gasteiger partial charge in [-0.2, -0.15) is 0 Å². The van der Waals surface area contributed by atoms with E-state index >= 15 is 0 Å². The Morgan fingerprint density at radius 3 is 2.57 bits per heavy atom. The summed E-state index contributed by atoms with van der Waals surface area (Å²) in [6.45, 7) is 18.0. The number of hydrogen-bond acceptors (Lipinski definition) is 4. The van der Waals surface area contributed by atoms with Crippen LogP contribution in [0.15, 0.2) is 12.2 Å². The van der Waals surface area contributed by atoms with Crippen molar-refractivity contribution >= 4 is 0 Å². The van der Waals surface area contributed by atoms with E-state index in [1.807, 2.05) is 0 Å². The molecule has 0 N–H and O–H groups in total. The Morgan fingerprint density at radius 2 is 1.96 bits per heavy atom. The average Bonchev–Trinajstić information content (AvgIpc) is 3.02. The lowest BCUT2D eigenvalue weighted by molar-refractivity contribution is -0.197. The molecule has 0 aromatic heterocycles. The van der Waals surface area contributed by atoms with Crippen LogP contribution in [0.25, 0.3) is 0 Å². The molecule has 1 spiro atoms. The maximum absolute atomic E-state index is 6.50. The maximum Gasteiger partial charge on any atom is 0.168 e. The number of methoxy groups -OCH3 is 1. The highest BCUT2D eigenvalue weighted by Gasteiger charge is 2.46. The smallest absolute Gasteiger partial charge is 0.168 e. The van der Waals surface area contributed by atoms with Gasteiger partial charge in [0.15, 0.2) is 5.79 Å². The summed E-state index contributed by atoms with van der Waals surface area (Å²) in [6, 6.07) is 0. The second kappa shape index (κ2) is 11.1. The molecule has 0 bridgehead atoms. The molecule has 4 nitrogen and oxygen atoms in total. The number of rotatable bonds is 12. The first-order valence-corrected chi connectivity index (χ1v) is 11.5. The second-order valence-corrected chi connectivity index (χ2v) is 9.84. The molecule has 1 saturated heterocycles. The van der Waals surface area contributed by atoms with E-state index in [0.29, 0.717) is 5.41 Å². The fourth-order valence-corrected chi connectivity index (χ4v) is 5.12. The zero-order valence-electron chi connectivity index (χ0n) is 19.2. The van der Waals surface area contributed by atoms with Crippen LogP contribution in [0, 0.1) is 11.3 Å². The zero-order chi connectivity index (χ0) is 20.6. The number of hydrogen-bond donors (Lipinski definition) is 0. The van der Waals surface area contributed by atoms with Gasteiger partial charge in [-0.05, 0) is 50.4 Å². The summed E-state index contributed by atoms with van der Waals surface area (Å²) in [6.07, 6.45) is 9.50. The summed E-state index contributed by atoms with van der Waals surface area (Å²) in [5.74, 6) is 0.509. The molecule has 4 heteroatoms. The molecule has 28 heavy (non-hydrogen) atoms. The highest BCUT2D eigenvalue weighted by molar-refractivity contribution is 4.93. The predicted molar refractivity (Wildman–Crippen MR) is 117 cm³/mol. The largest absolute Gasteiger partial charge is 0.385 e. The summed E-state index contributed by atoms with van der Waals surface area (Å²) in [5, 5.41) is 0. The summed E-state index contributed by atoms with van der Waals surface area (Å²) in [5.41, 5.74) is 1.66. The summed E-state index contributed by atoms with van der Waals surface area (Å²) >= 11 is 0. The first kappa shape index (κ1) is 23.9. The van der Waals surface area contributed by atoms with Gasteiger partial charge in [-0.3, -0.25) is 4.90 Å². The Morgan fingerprint density at radius 1 is 1.25 bits per heavy atom. The van der Waals surface area contributed by atoms with Gasteiger partial charge in [-0.15, -0.1) is 0 Å². The standard InChI is InChI=1S/C24H45NO3/c1-7-12-23(4,5)21-9-13-24(14-10-21)27-19-22(28-24)11-16-25(18-20(2)3)15-8-17-26-6/h21-22H,2,7-19H2,1,3-6H3. The van der Waals surface area contributed by atoms with Crippen molar-refractivity contribution in [2.45, 2.75) is 91.0 Å². The monoisotopic (exact) mass is 395 g/mol. The van der Waals surface area contributed by atoms with Crippen molar-refractivity contribution in [1.29, 1.82) is 0 Å². The van der Waals surface area contributed by atoms with E-state index in [4.69, 9.17) is 14.2 Å². The highest BCUT2D eigenvalue weighted by atomic mass is 16.7. The van der Waals surface area contributed by atoms with Crippen molar-refractivity contribution < 1.29 is 14.2 Å². The summed E-state index contributed by atoms with van der Waals surface area (Å²) in [7, 11) is 1.77. The normalized spacial score (nSPS) is 28.4. The van der Waals surface area contributed by atoms with Crippen LogP contribution in [0.5, 0.6) is 0 Å². The van der Waals surface area contributed by atoms with E-state index in [1.54, 1.807) is 7.11 Å². The van der Waals surface area contributed by atoms with Gasteiger partial charge in [0.05, 0.1) is 12.7 Å². The topological polar surface area (TPSA) is 30.9 Å². The van der Waals surface area contributed by atoms with Crippen molar-refractivity contribution in [3.63, 3.8) is 0 Å². The van der Waals surface area contributed by atoms with Crippen molar-refractivity contribution in [1.82, 2.24) is 4.90 Å². The van der Waals surface area contributed by atoms with Crippen LogP contribution in [0.1, 0.15) is 79.1 Å². The number of ether oxygens (including phenoxy) is 3. The van der Waals surface area contributed by atoms with E-state index in [0.717, 1.165) is 64.4 Å². The van der Waals surface area contributed by atoms with Crippen LogP contribution in [0.4, 0.5) is 0 Å². The Kier molecular flexibility index (Phi) is 9.46. The molecule has 164 valence electrons. The van der Waals surface area contributed by atoms with Crippen LogP contribution in [-0.4, -0.2) is 56.7 Å². The summed E-state index contributed by atoms with van der Waals surface area (Å²) < 4.78 is 17.9. The molecule has 1 aliphatic heterocycles. The van der Waals surface area contributed by atoms with E-state index < -0.39 is 0 Å². The minimum atomic E-state index is -0.293. The predicted octanol–water partition coefficient (Wildman–Crippen LogP) is 5.42. The Balaban J connectivity index is 1.77. The van der Waals surface area contributed by atoms with E-state index in [9.17, 15) is 0 Å². The van der Waals surface area contributed by atoms with Crippen LogP contribution in [-0.2, 0) is 14.2 Å². The third-order valence-electron chi connectivity index (χ3n) is 6.74. The molecule has 0 aromatic rings. The molecule has 1 saturated carbocycles. The maximum atomic E-state index is 6.50. The first-order chi connectivity index (χ1) is 13.3. The van der Waals surface area contributed by atoms with Crippen LogP contribution < -0.4 is 0 Å². The SMILES string of the molecule is C=C(C)CN(CCCOC)CCC1COC2(CCC(C(C)(C)CCC)CC2)O1. The van der Waals surface area contributed by atoms with Gasteiger partial charge >= 0.3 is 0 Å². The van der Waals surface area contributed by atoms with Crippen molar-refractivity contribution in [3.8, 4) is 0 Å². The molecule has 1 heterocycles. The molecule has 1 aliphatic carbocycles. The number of nitrogens with zero attached hydrogens (tertiary/aromatic N) is 1. The molecule has 2 rings (SSSR count). The van der Waals surface area contributed by atoms with Crippen molar-refractivity contribution in [3.05, 3.63) is 12.2 Å². The Labute approximate surface area is 174 Å². The molecule has 1 atom stereocenters. The molecule has 0 radical (unpaired) electrons. The third kappa shape index (κ3) is 7.12. The molecule has 2 aliphatic rings. The fourth-order valence-electron chi connectivity index (χ4n) is 5.12. The first-order valence-electron chi connectivity index (χ1n) is 11.5. The lowest BCUT2D eigenvalue weighted by Gasteiger charge is -2.42. The van der Waals surface area contributed by atoms with Gasteiger partial charge in [0.1, 0.15) is 0 Å². The minimum Gasteiger partial charge on any atom is -0.385 e. The molecule has 2 fully saturated rings. The van der Waals surface area contributed by atoms with Gasteiger partial charge in [0.25, 0.3) is 0 Å². The minimum absolute atomic E-state index is 0.232. The van der Waals surface area contributed by atoms with Gasteiger partial charge in [-0.1, -0.05) is 39.3 Å². The summed E-state index contributed by atoms with van der Waals surface area (Å²) in [4.78, 5) is 2.47. The lowest BCUT2D eigenvalue weighted by Crippen LogP contribution is -2.39. The van der Waals surface area contributed by atoms with Gasteiger partial charge in [0.2, 0.25) is 0 Å². The fraction of sp³-hybridized carbons (Fsp3) is 0.917. The zero-order valence-corrected chi connectivity index (χ0v) is 19.2. The molecule has 0 aromatic carbocycles. The van der Waals surface area contributed by atoms with Gasteiger partial charge in [0, 0.05) is 46.2 Å². The van der Waals surface area contributed by atoms with Crippen molar-refractivity contribution in [2.24, 2.45) is 11.3 Å². The lowest BCUT2D eigenvalue weighted by atomic mass is 9.68. The van der Waals surface area contributed by atoms with Gasteiger partial charge in [-0.25, -0.2) is 0 Å². The quantitative estimate of drug-likeness (QED) is 0.326. The molecule has 1 unspecified atom stereocenters. The third-order valence-corrected chi connectivity index (χ3v) is 6.74. The van der Waals surface area contributed by atoms with Crippen molar-refractivity contribution in [2.75, 3.05) is 40.0 Å². The molecular formula is C24H45NO3. The van der Waals surface area contributed by atoms with Gasteiger partial charge < -0.3 is 14.2 Å².